The second-order valence-electron chi connectivity index (χ2n) is 4.87. The Balaban J connectivity index is 1.96. The number of amides is 1. The molecule has 24 heavy (non-hydrogen) atoms. The number of hydrogen-bond donors (Lipinski definition) is 2. The van der Waals surface area contributed by atoms with Crippen LogP contribution in [0.5, 0.6) is 5.75 Å². The molecule has 1 atom stereocenters. The van der Waals surface area contributed by atoms with Gasteiger partial charge in [-0.3, -0.25) is 9.00 Å². The van der Waals surface area contributed by atoms with Crippen LogP contribution >= 0.6 is 22.9 Å². The van der Waals surface area contributed by atoms with Crippen LogP contribution in [0.15, 0.2) is 24.3 Å². The average Bonchev–Trinajstić information content (AvgIpc) is 2.86. The van der Waals surface area contributed by atoms with Crippen molar-refractivity contribution in [2.45, 2.75) is 13.3 Å². The van der Waals surface area contributed by atoms with Gasteiger partial charge in [0.05, 0.1) is 18.4 Å². The SMILES string of the molecule is COc1ccc(Cl)cc1C(=O)NCCc1cc(NS(=O)[O-])c(C)s1. The number of benzene rings is 1. The number of ether oxygens (including phenoxy) is 1. The lowest BCUT2D eigenvalue weighted by Crippen LogP contribution is -2.26. The summed E-state index contributed by atoms with van der Waals surface area (Å²) < 4.78 is 28.9. The molecule has 0 radical (unpaired) electrons. The van der Waals surface area contributed by atoms with E-state index in [1.54, 1.807) is 24.3 Å². The molecule has 1 heterocycles. The van der Waals surface area contributed by atoms with Crippen LogP contribution < -0.4 is 14.8 Å². The molecule has 130 valence electrons. The fourth-order valence-corrected chi connectivity index (χ4v) is 3.73. The zero-order valence-electron chi connectivity index (χ0n) is 13.1. The molecule has 0 spiro atoms. The molecule has 6 nitrogen and oxygen atoms in total. The van der Waals surface area contributed by atoms with Crippen molar-refractivity contribution in [3.63, 3.8) is 0 Å². The first-order chi connectivity index (χ1) is 11.4. The first-order valence-corrected chi connectivity index (χ1v) is 9.24. The summed E-state index contributed by atoms with van der Waals surface area (Å²) in [5.74, 6) is 0.176. The fourth-order valence-electron chi connectivity index (χ4n) is 2.11. The van der Waals surface area contributed by atoms with Gasteiger partial charge in [0.2, 0.25) is 0 Å². The second-order valence-corrected chi connectivity index (χ2v) is 7.32. The number of aryl methyl sites for hydroxylation is 1. The number of hydrogen-bond acceptors (Lipinski definition) is 5. The molecule has 2 aromatic rings. The van der Waals surface area contributed by atoms with Crippen molar-refractivity contribution in [2.75, 3.05) is 18.4 Å². The van der Waals surface area contributed by atoms with Crippen LogP contribution in [0.1, 0.15) is 20.1 Å². The molecular formula is C15H16ClN2O4S2-. The molecule has 0 aliphatic carbocycles. The zero-order chi connectivity index (χ0) is 17.7. The Kier molecular flexibility index (Phi) is 6.61. The molecule has 2 N–H and O–H groups in total. The first kappa shape index (κ1) is 18.7. The topological polar surface area (TPSA) is 90.5 Å². The van der Waals surface area contributed by atoms with Crippen LogP contribution in [0, 0.1) is 6.92 Å². The normalized spacial score (nSPS) is 11.8. The number of thiophene rings is 1. The lowest BCUT2D eigenvalue weighted by Gasteiger charge is -2.09. The van der Waals surface area contributed by atoms with Gasteiger partial charge in [0.25, 0.3) is 5.91 Å². The highest BCUT2D eigenvalue weighted by molar-refractivity contribution is 7.80. The van der Waals surface area contributed by atoms with Gasteiger partial charge >= 0.3 is 0 Å². The molecule has 0 saturated carbocycles. The van der Waals surface area contributed by atoms with E-state index in [9.17, 15) is 13.6 Å². The van der Waals surface area contributed by atoms with E-state index in [1.807, 2.05) is 6.92 Å². The predicted octanol–water partition coefficient (Wildman–Crippen LogP) is 2.90. The molecule has 0 fully saturated rings. The van der Waals surface area contributed by atoms with Gasteiger partial charge in [-0.25, -0.2) is 0 Å². The van der Waals surface area contributed by atoms with Crippen molar-refractivity contribution in [3.8, 4) is 5.75 Å². The minimum Gasteiger partial charge on any atom is -0.755 e. The number of rotatable bonds is 7. The van der Waals surface area contributed by atoms with Gasteiger partial charge in [0.1, 0.15) is 5.75 Å². The Morgan fingerprint density at radius 2 is 2.17 bits per heavy atom. The summed E-state index contributed by atoms with van der Waals surface area (Å²) in [6.07, 6.45) is 0.591. The van der Waals surface area contributed by atoms with E-state index in [4.69, 9.17) is 16.3 Å². The average molecular weight is 388 g/mol. The molecule has 1 aromatic heterocycles. The van der Waals surface area contributed by atoms with E-state index >= 15 is 0 Å². The number of anilines is 1. The highest BCUT2D eigenvalue weighted by atomic mass is 35.5. The second kappa shape index (κ2) is 8.48. The predicted molar refractivity (Wildman–Crippen MR) is 95.6 cm³/mol. The van der Waals surface area contributed by atoms with Gasteiger partial charge in [-0.15, -0.1) is 11.3 Å². The lowest BCUT2D eigenvalue weighted by atomic mass is 10.2. The maximum atomic E-state index is 12.2. The molecular weight excluding hydrogens is 372 g/mol. The number of carbonyl (C=O) groups excluding carboxylic acids is 1. The van der Waals surface area contributed by atoms with Gasteiger partial charge in [-0.05, 0) is 37.6 Å². The number of carbonyl (C=O) groups is 1. The van der Waals surface area contributed by atoms with E-state index < -0.39 is 11.3 Å². The minimum atomic E-state index is -2.35. The summed E-state index contributed by atoms with van der Waals surface area (Å²) >= 11 is 5.05. The fraction of sp³-hybridized carbons (Fsp3) is 0.267. The Hall–Kier alpha value is -1.61. The van der Waals surface area contributed by atoms with E-state index in [0.717, 1.165) is 9.75 Å². The number of methoxy groups -OCH3 is 1. The third kappa shape index (κ3) is 4.94. The molecule has 1 amide bonds. The molecule has 2 rings (SSSR count). The van der Waals surface area contributed by atoms with E-state index in [-0.39, 0.29) is 5.91 Å². The zero-order valence-corrected chi connectivity index (χ0v) is 15.4. The summed E-state index contributed by atoms with van der Waals surface area (Å²) in [5, 5.41) is 3.26. The van der Waals surface area contributed by atoms with Crippen molar-refractivity contribution in [2.24, 2.45) is 0 Å². The Morgan fingerprint density at radius 3 is 2.83 bits per heavy atom. The van der Waals surface area contributed by atoms with Gasteiger partial charge in [-0.1, -0.05) is 11.6 Å². The van der Waals surface area contributed by atoms with E-state index in [0.29, 0.717) is 35.0 Å². The molecule has 1 unspecified atom stereocenters. The highest BCUT2D eigenvalue weighted by Crippen LogP contribution is 2.27. The number of nitrogens with one attached hydrogen (secondary N) is 2. The van der Waals surface area contributed by atoms with Crippen molar-refractivity contribution < 1.29 is 18.3 Å². The molecule has 9 heteroatoms. The monoisotopic (exact) mass is 387 g/mol. The summed E-state index contributed by atoms with van der Waals surface area (Å²) in [7, 11) is 1.49. The van der Waals surface area contributed by atoms with E-state index in [2.05, 4.69) is 10.0 Å². The lowest BCUT2D eigenvalue weighted by molar-refractivity contribution is 0.0951. The summed E-state index contributed by atoms with van der Waals surface area (Å²) in [4.78, 5) is 14.1. The van der Waals surface area contributed by atoms with Crippen molar-refractivity contribution >= 4 is 45.8 Å². The van der Waals surface area contributed by atoms with Crippen LogP contribution in [0.2, 0.25) is 5.02 Å². The third-order valence-electron chi connectivity index (χ3n) is 3.23. The van der Waals surface area contributed by atoms with Crippen molar-refractivity contribution in [1.29, 1.82) is 0 Å². The quantitative estimate of drug-likeness (QED) is 0.714. The molecule has 0 aliphatic heterocycles. The smallest absolute Gasteiger partial charge is 0.255 e. The van der Waals surface area contributed by atoms with Crippen LogP contribution in [-0.2, 0) is 17.7 Å². The molecule has 0 saturated heterocycles. The van der Waals surface area contributed by atoms with Crippen LogP contribution in [0.3, 0.4) is 0 Å². The maximum Gasteiger partial charge on any atom is 0.255 e. The number of halogens is 1. The van der Waals surface area contributed by atoms with Crippen molar-refractivity contribution in [3.05, 3.63) is 44.6 Å². The highest BCUT2D eigenvalue weighted by Gasteiger charge is 2.13. The van der Waals surface area contributed by atoms with Gasteiger partial charge in [0.15, 0.2) is 0 Å². The minimum absolute atomic E-state index is 0.276. The molecule has 0 aliphatic rings. The first-order valence-electron chi connectivity index (χ1n) is 6.97. The summed E-state index contributed by atoms with van der Waals surface area (Å²) in [6.45, 7) is 2.24. The van der Waals surface area contributed by atoms with Gasteiger partial charge in [0, 0.05) is 32.6 Å². The Morgan fingerprint density at radius 1 is 1.42 bits per heavy atom. The van der Waals surface area contributed by atoms with Gasteiger partial charge < -0.3 is 19.3 Å². The summed E-state index contributed by atoms with van der Waals surface area (Å²) in [5.41, 5.74) is 0.933. The van der Waals surface area contributed by atoms with Gasteiger partial charge in [-0.2, -0.15) is 0 Å². The summed E-state index contributed by atoms with van der Waals surface area (Å²) in [6, 6.07) is 6.61. The van der Waals surface area contributed by atoms with Crippen LogP contribution in [0.4, 0.5) is 5.69 Å². The third-order valence-corrected chi connectivity index (χ3v) is 4.96. The molecule has 0 bridgehead atoms. The van der Waals surface area contributed by atoms with E-state index in [1.165, 1.54) is 18.4 Å². The largest absolute Gasteiger partial charge is 0.755 e. The maximum absolute atomic E-state index is 12.2. The Bertz CT molecular complexity index is 764. The standard InChI is InChI=1S/C15H17ClN2O4S2/c1-9-13(18-24(20)21)8-11(23-9)5-6-17-15(19)12-7-10(16)3-4-14(12)22-2/h3-4,7-8,18H,5-6H2,1-2H3,(H,17,19)(H,20,21)/p-1. The van der Waals surface area contributed by atoms with Crippen molar-refractivity contribution in [1.82, 2.24) is 5.32 Å². The molecule has 1 aromatic carbocycles. The van der Waals surface area contributed by atoms with Crippen LogP contribution in [0.25, 0.3) is 0 Å². The Labute approximate surface area is 151 Å². The van der Waals surface area contributed by atoms with Crippen LogP contribution in [-0.4, -0.2) is 28.3 Å².